The van der Waals surface area contributed by atoms with Crippen molar-refractivity contribution in [3.63, 3.8) is 0 Å². The second-order valence-corrected chi connectivity index (χ2v) is 5.51. The molecule has 0 saturated heterocycles. The molecule has 0 atom stereocenters. The third kappa shape index (κ3) is 3.29. The molecule has 1 aromatic carbocycles. The van der Waals surface area contributed by atoms with Gasteiger partial charge in [0.25, 0.3) is 5.91 Å². The van der Waals surface area contributed by atoms with Gasteiger partial charge in [-0.25, -0.2) is 4.98 Å². The number of nitrogens with two attached hydrogens (primary N) is 1. The summed E-state index contributed by atoms with van der Waals surface area (Å²) in [6, 6.07) is 7.15. The minimum atomic E-state index is -0.302. The molecule has 1 aromatic heterocycles. The van der Waals surface area contributed by atoms with E-state index < -0.39 is 0 Å². The average Bonchev–Trinajstić information content (AvgIpc) is 2.43. The van der Waals surface area contributed by atoms with Crippen LogP contribution < -0.4 is 11.1 Å². The Labute approximate surface area is 130 Å². The van der Waals surface area contributed by atoms with Crippen LogP contribution in [0, 0.1) is 0 Å². The number of benzene rings is 1. The van der Waals surface area contributed by atoms with Crippen LogP contribution in [0.3, 0.4) is 0 Å². The maximum Gasteiger partial charge on any atom is 0.257 e. The zero-order valence-electron chi connectivity index (χ0n) is 10.8. The Morgan fingerprint density at radius 1 is 1.45 bits per heavy atom. The van der Waals surface area contributed by atoms with E-state index in [4.69, 9.17) is 17.3 Å². The van der Waals surface area contributed by atoms with E-state index in [0.717, 1.165) is 22.1 Å². The van der Waals surface area contributed by atoms with Gasteiger partial charge in [-0.15, -0.1) is 0 Å². The van der Waals surface area contributed by atoms with Crippen LogP contribution in [0.1, 0.15) is 22.8 Å². The summed E-state index contributed by atoms with van der Waals surface area (Å²) in [7, 11) is 0. The van der Waals surface area contributed by atoms with Crippen LogP contribution in [-0.4, -0.2) is 10.9 Å². The second-order valence-electron chi connectivity index (χ2n) is 4.20. The van der Waals surface area contributed by atoms with E-state index in [1.165, 1.54) is 12.3 Å². The monoisotopic (exact) mass is 353 g/mol. The van der Waals surface area contributed by atoms with Gasteiger partial charge in [-0.1, -0.05) is 34.5 Å². The SMILES string of the molecule is CCc1cc(Br)ccc1NC(=O)c1cc(Cl)ncc1N. The number of amides is 1. The fourth-order valence-corrected chi connectivity index (χ4v) is 2.37. The van der Waals surface area contributed by atoms with Crippen molar-refractivity contribution in [2.24, 2.45) is 0 Å². The highest BCUT2D eigenvalue weighted by molar-refractivity contribution is 9.10. The van der Waals surface area contributed by atoms with E-state index >= 15 is 0 Å². The molecule has 1 amide bonds. The molecule has 0 spiro atoms. The zero-order chi connectivity index (χ0) is 14.7. The first-order valence-corrected chi connectivity index (χ1v) is 7.19. The minimum absolute atomic E-state index is 0.232. The Bertz CT molecular complexity index is 661. The van der Waals surface area contributed by atoms with Crippen LogP contribution in [0.15, 0.2) is 34.9 Å². The molecule has 0 saturated carbocycles. The van der Waals surface area contributed by atoms with Crippen molar-refractivity contribution in [3.8, 4) is 0 Å². The average molecular weight is 355 g/mol. The molecule has 6 heteroatoms. The molecule has 2 aromatic rings. The lowest BCUT2D eigenvalue weighted by Crippen LogP contribution is -2.15. The summed E-state index contributed by atoms with van der Waals surface area (Å²) in [5, 5.41) is 3.08. The fourth-order valence-electron chi connectivity index (χ4n) is 1.80. The molecule has 0 aliphatic rings. The maximum absolute atomic E-state index is 12.3. The van der Waals surface area contributed by atoms with Crippen molar-refractivity contribution in [3.05, 3.63) is 51.2 Å². The van der Waals surface area contributed by atoms with Crippen molar-refractivity contribution in [1.82, 2.24) is 4.98 Å². The van der Waals surface area contributed by atoms with Crippen LogP contribution in [0.5, 0.6) is 0 Å². The molecule has 3 N–H and O–H groups in total. The summed E-state index contributed by atoms with van der Waals surface area (Å²) >= 11 is 9.20. The number of halogens is 2. The van der Waals surface area contributed by atoms with Gasteiger partial charge in [-0.05, 0) is 36.2 Å². The highest BCUT2D eigenvalue weighted by Gasteiger charge is 2.13. The van der Waals surface area contributed by atoms with Gasteiger partial charge in [-0.3, -0.25) is 4.79 Å². The predicted octanol–water partition coefficient (Wildman–Crippen LogP) is 3.89. The van der Waals surface area contributed by atoms with Crippen LogP contribution in [-0.2, 0) is 6.42 Å². The molecule has 2 rings (SSSR count). The summed E-state index contributed by atoms with van der Waals surface area (Å²) in [5.74, 6) is -0.302. The van der Waals surface area contributed by atoms with E-state index in [9.17, 15) is 4.79 Å². The third-order valence-electron chi connectivity index (χ3n) is 2.84. The Balaban J connectivity index is 2.30. The maximum atomic E-state index is 12.3. The van der Waals surface area contributed by atoms with Crippen molar-refractivity contribution < 1.29 is 4.79 Å². The van der Waals surface area contributed by atoms with Gasteiger partial charge in [-0.2, -0.15) is 0 Å². The number of hydrogen-bond donors (Lipinski definition) is 2. The molecule has 0 fully saturated rings. The first-order valence-electron chi connectivity index (χ1n) is 6.02. The molecule has 0 aliphatic heterocycles. The number of pyridine rings is 1. The number of carbonyl (C=O) groups excluding carboxylic acids is 1. The van der Waals surface area contributed by atoms with E-state index in [-0.39, 0.29) is 11.1 Å². The van der Waals surface area contributed by atoms with Gasteiger partial charge in [0.15, 0.2) is 0 Å². The molecule has 1 heterocycles. The molecule has 104 valence electrons. The van der Waals surface area contributed by atoms with Crippen LogP contribution in [0.4, 0.5) is 11.4 Å². The number of aryl methyl sites for hydroxylation is 1. The highest BCUT2D eigenvalue weighted by Crippen LogP contribution is 2.23. The van der Waals surface area contributed by atoms with Crippen LogP contribution >= 0.6 is 27.5 Å². The summed E-state index contributed by atoms with van der Waals surface area (Å²) in [4.78, 5) is 16.1. The van der Waals surface area contributed by atoms with Gasteiger partial charge in [0.2, 0.25) is 0 Å². The summed E-state index contributed by atoms with van der Waals surface area (Å²) in [6.45, 7) is 2.02. The molecule has 0 bridgehead atoms. The lowest BCUT2D eigenvalue weighted by Gasteiger charge is -2.11. The number of nitrogens with one attached hydrogen (secondary N) is 1. The van der Waals surface area contributed by atoms with Crippen LogP contribution in [0.25, 0.3) is 0 Å². The Morgan fingerprint density at radius 2 is 2.20 bits per heavy atom. The summed E-state index contributed by atoms with van der Waals surface area (Å²) < 4.78 is 0.971. The Kier molecular flexibility index (Phi) is 4.62. The largest absolute Gasteiger partial charge is 0.397 e. The molecular weight excluding hydrogens is 342 g/mol. The van der Waals surface area contributed by atoms with Gasteiger partial charge in [0, 0.05) is 10.2 Å². The van der Waals surface area contributed by atoms with Gasteiger partial charge in [0.1, 0.15) is 5.15 Å². The molecule has 0 radical (unpaired) electrons. The normalized spacial score (nSPS) is 10.3. The first kappa shape index (κ1) is 14.8. The van der Waals surface area contributed by atoms with Crippen molar-refractivity contribution in [2.75, 3.05) is 11.1 Å². The summed E-state index contributed by atoms with van der Waals surface area (Å²) in [6.07, 6.45) is 2.18. The van der Waals surface area contributed by atoms with Gasteiger partial charge < -0.3 is 11.1 Å². The number of hydrogen-bond acceptors (Lipinski definition) is 3. The molecule has 0 unspecified atom stereocenters. The van der Waals surface area contributed by atoms with E-state index in [1.807, 2.05) is 25.1 Å². The number of nitrogens with zero attached hydrogens (tertiary/aromatic N) is 1. The van der Waals surface area contributed by atoms with Crippen LogP contribution in [0.2, 0.25) is 5.15 Å². The summed E-state index contributed by atoms with van der Waals surface area (Å²) in [5.41, 5.74) is 8.15. The molecule has 0 aliphatic carbocycles. The second kappa shape index (κ2) is 6.24. The quantitative estimate of drug-likeness (QED) is 0.822. The number of nitrogen functional groups attached to an aromatic ring is 1. The Morgan fingerprint density at radius 3 is 2.90 bits per heavy atom. The van der Waals surface area contributed by atoms with E-state index in [1.54, 1.807) is 0 Å². The smallest absolute Gasteiger partial charge is 0.257 e. The number of aromatic nitrogens is 1. The molecular formula is C14H13BrClN3O. The van der Waals surface area contributed by atoms with E-state index in [0.29, 0.717) is 11.3 Å². The third-order valence-corrected chi connectivity index (χ3v) is 3.54. The van der Waals surface area contributed by atoms with Crippen molar-refractivity contribution >= 4 is 44.8 Å². The molecule has 20 heavy (non-hydrogen) atoms. The predicted molar refractivity (Wildman–Crippen MR) is 85.1 cm³/mol. The lowest BCUT2D eigenvalue weighted by atomic mass is 10.1. The van der Waals surface area contributed by atoms with Crippen molar-refractivity contribution in [2.45, 2.75) is 13.3 Å². The molecule has 4 nitrogen and oxygen atoms in total. The lowest BCUT2D eigenvalue weighted by molar-refractivity contribution is 0.102. The standard InChI is InChI=1S/C14H13BrClN3O/c1-2-8-5-9(15)3-4-12(8)19-14(20)10-6-13(16)18-7-11(10)17/h3-7H,2,17H2,1H3,(H,19,20). The fraction of sp³-hybridized carbons (Fsp3) is 0.143. The highest BCUT2D eigenvalue weighted by atomic mass is 79.9. The van der Waals surface area contributed by atoms with E-state index in [2.05, 4.69) is 26.2 Å². The topological polar surface area (TPSA) is 68.0 Å². The van der Waals surface area contributed by atoms with Crippen molar-refractivity contribution in [1.29, 1.82) is 0 Å². The number of carbonyl (C=O) groups is 1. The first-order chi connectivity index (χ1) is 9.51. The van der Waals surface area contributed by atoms with Gasteiger partial charge >= 0.3 is 0 Å². The minimum Gasteiger partial charge on any atom is -0.397 e. The Hall–Kier alpha value is -1.59. The number of anilines is 2. The zero-order valence-corrected chi connectivity index (χ0v) is 13.1. The van der Waals surface area contributed by atoms with Gasteiger partial charge in [0.05, 0.1) is 17.4 Å². The number of rotatable bonds is 3.